The van der Waals surface area contributed by atoms with Gasteiger partial charge in [-0.2, -0.15) is 0 Å². The number of rotatable bonds is 6. The van der Waals surface area contributed by atoms with Gasteiger partial charge >= 0.3 is 0 Å². The normalized spacial score (nSPS) is 17.1. The average molecular weight is 478 g/mol. The number of para-hydroxylation sites is 1. The molecule has 0 unspecified atom stereocenters. The maximum Gasteiger partial charge on any atom is 0.262 e. The number of nitrogens with one attached hydrogen (secondary N) is 1. The molecule has 0 spiro atoms. The van der Waals surface area contributed by atoms with Crippen LogP contribution in [0.25, 0.3) is 10.9 Å². The van der Waals surface area contributed by atoms with Crippen LogP contribution in [0.3, 0.4) is 0 Å². The van der Waals surface area contributed by atoms with Crippen LogP contribution in [-0.2, 0) is 16.1 Å². The van der Waals surface area contributed by atoms with Crippen LogP contribution < -0.4 is 10.9 Å². The van der Waals surface area contributed by atoms with Gasteiger partial charge < -0.3 is 10.1 Å². The predicted octanol–water partition coefficient (Wildman–Crippen LogP) is 5.00. The highest BCUT2D eigenvalue weighted by atomic mass is 35.5. The lowest BCUT2D eigenvalue weighted by Gasteiger charge is -2.18. The van der Waals surface area contributed by atoms with Crippen LogP contribution in [-0.4, -0.2) is 33.4 Å². The summed E-state index contributed by atoms with van der Waals surface area (Å²) in [4.78, 5) is 30.7. The average Bonchev–Trinajstić information content (AvgIpc) is 3.26. The molecule has 9 heteroatoms. The first-order valence-electron chi connectivity index (χ1n) is 9.96. The van der Waals surface area contributed by atoms with Gasteiger partial charge in [-0.25, -0.2) is 4.98 Å². The highest BCUT2D eigenvalue weighted by molar-refractivity contribution is 8.00. The minimum Gasteiger partial charge on any atom is -0.376 e. The van der Waals surface area contributed by atoms with Gasteiger partial charge in [-0.15, -0.1) is 0 Å². The van der Waals surface area contributed by atoms with Crippen LogP contribution in [0.2, 0.25) is 10.0 Å². The van der Waals surface area contributed by atoms with Crippen molar-refractivity contribution in [3.8, 4) is 0 Å². The molecule has 1 aliphatic heterocycles. The van der Waals surface area contributed by atoms with Crippen LogP contribution in [0.5, 0.6) is 0 Å². The van der Waals surface area contributed by atoms with E-state index in [1.54, 1.807) is 41.8 Å². The maximum atomic E-state index is 13.2. The zero-order chi connectivity index (χ0) is 22.0. The Hall–Kier alpha value is -2.06. The highest BCUT2D eigenvalue weighted by Crippen LogP contribution is 2.28. The Morgan fingerprint density at radius 2 is 2.13 bits per heavy atom. The lowest BCUT2D eigenvalue weighted by Crippen LogP contribution is -2.30. The minimum atomic E-state index is -0.529. The molecule has 1 amide bonds. The number of carbonyl (C=O) groups is 1. The number of hydrogen-bond donors (Lipinski definition) is 1. The van der Waals surface area contributed by atoms with Gasteiger partial charge in [0.2, 0.25) is 5.91 Å². The number of hydrogen-bond acceptors (Lipinski definition) is 5. The summed E-state index contributed by atoms with van der Waals surface area (Å²) in [6.07, 6.45) is 1.84. The van der Waals surface area contributed by atoms with Crippen molar-refractivity contribution in [3.63, 3.8) is 0 Å². The first-order chi connectivity index (χ1) is 14.9. The zero-order valence-corrected chi connectivity index (χ0v) is 19.1. The van der Waals surface area contributed by atoms with E-state index < -0.39 is 5.25 Å². The Balaban J connectivity index is 1.62. The number of halogens is 2. The summed E-state index contributed by atoms with van der Waals surface area (Å²) in [5.74, 6) is -0.264. The van der Waals surface area contributed by atoms with E-state index in [0.29, 0.717) is 44.9 Å². The molecule has 0 radical (unpaired) electrons. The second-order valence-corrected chi connectivity index (χ2v) is 9.49. The summed E-state index contributed by atoms with van der Waals surface area (Å²) in [6, 6.07) is 12.1. The number of nitrogens with zero attached hydrogens (tertiary/aromatic N) is 2. The zero-order valence-electron chi connectivity index (χ0n) is 16.8. The lowest BCUT2D eigenvalue weighted by molar-refractivity contribution is -0.115. The van der Waals surface area contributed by atoms with Gasteiger partial charge in [0.1, 0.15) is 0 Å². The van der Waals surface area contributed by atoms with E-state index in [0.717, 1.165) is 12.8 Å². The summed E-state index contributed by atoms with van der Waals surface area (Å²) in [5.41, 5.74) is 0.910. The van der Waals surface area contributed by atoms with Crippen molar-refractivity contribution in [1.29, 1.82) is 0 Å². The predicted molar refractivity (Wildman–Crippen MR) is 125 cm³/mol. The number of anilines is 1. The SMILES string of the molecule is C[C@H](Sc1nc2ccccc2c(=O)n1C[C@@H]1CCCO1)C(=O)Nc1cc(Cl)ccc1Cl. The molecular weight excluding hydrogens is 457 g/mol. The molecule has 162 valence electrons. The molecule has 0 bridgehead atoms. The Kier molecular flexibility index (Phi) is 6.86. The van der Waals surface area contributed by atoms with Gasteiger partial charge in [0, 0.05) is 11.6 Å². The van der Waals surface area contributed by atoms with Gasteiger partial charge in [0.25, 0.3) is 5.56 Å². The fraction of sp³-hybridized carbons (Fsp3) is 0.318. The van der Waals surface area contributed by atoms with Crippen LogP contribution >= 0.6 is 35.0 Å². The molecule has 1 saturated heterocycles. The fourth-order valence-electron chi connectivity index (χ4n) is 3.43. The quantitative estimate of drug-likeness (QED) is 0.399. The van der Waals surface area contributed by atoms with Crippen LogP contribution in [0, 0.1) is 0 Å². The molecule has 2 aromatic carbocycles. The molecule has 2 atom stereocenters. The van der Waals surface area contributed by atoms with Gasteiger partial charge in [-0.3, -0.25) is 14.2 Å². The van der Waals surface area contributed by atoms with Crippen molar-refractivity contribution >= 4 is 57.5 Å². The third-order valence-electron chi connectivity index (χ3n) is 5.07. The summed E-state index contributed by atoms with van der Waals surface area (Å²) in [6.45, 7) is 2.87. The molecule has 6 nitrogen and oxygen atoms in total. The van der Waals surface area contributed by atoms with Crippen LogP contribution in [0.15, 0.2) is 52.4 Å². The van der Waals surface area contributed by atoms with E-state index in [9.17, 15) is 9.59 Å². The van der Waals surface area contributed by atoms with E-state index in [1.807, 2.05) is 12.1 Å². The molecule has 31 heavy (non-hydrogen) atoms. The molecular formula is C22H21Cl2N3O3S. The second kappa shape index (κ2) is 9.61. The van der Waals surface area contributed by atoms with Crippen molar-refractivity contribution in [3.05, 3.63) is 62.9 Å². The first kappa shape index (κ1) is 22.1. The smallest absolute Gasteiger partial charge is 0.262 e. The van der Waals surface area contributed by atoms with E-state index in [2.05, 4.69) is 10.3 Å². The van der Waals surface area contributed by atoms with Gasteiger partial charge in [0.05, 0.1) is 39.5 Å². The molecule has 1 aromatic heterocycles. The molecule has 1 aliphatic rings. The number of benzene rings is 2. The highest BCUT2D eigenvalue weighted by Gasteiger charge is 2.23. The monoisotopic (exact) mass is 477 g/mol. The van der Waals surface area contributed by atoms with E-state index in [-0.39, 0.29) is 17.6 Å². The van der Waals surface area contributed by atoms with Gasteiger partial charge in [-0.1, -0.05) is 47.1 Å². The Labute approximate surface area is 193 Å². The number of fused-ring (bicyclic) bond motifs is 1. The molecule has 1 N–H and O–H groups in total. The standard InChI is InChI=1S/C22H21Cl2N3O3S/c1-13(20(28)25-19-11-14(23)8-9-17(19)24)31-22-26-18-7-3-2-6-16(18)21(29)27(22)12-15-5-4-10-30-15/h2-3,6-9,11,13,15H,4-5,10,12H2,1H3,(H,25,28)/t13-,15-/m0/s1. The Morgan fingerprint density at radius 3 is 2.90 bits per heavy atom. The van der Waals surface area contributed by atoms with E-state index >= 15 is 0 Å². The van der Waals surface area contributed by atoms with Crippen molar-refractivity contribution < 1.29 is 9.53 Å². The number of carbonyl (C=O) groups excluding carboxylic acids is 1. The van der Waals surface area contributed by atoms with Crippen LogP contribution in [0.1, 0.15) is 19.8 Å². The number of ether oxygens (including phenoxy) is 1. The summed E-state index contributed by atoms with van der Waals surface area (Å²) >= 11 is 13.4. The molecule has 0 saturated carbocycles. The third-order valence-corrected chi connectivity index (χ3v) is 6.73. The van der Waals surface area contributed by atoms with E-state index in [1.165, 1.54) is 11.8 Å². The van der Waals surface area contributed by atoms with Crippen molar-refractivity contribution in [2.45, 2.75) is 42.8 Å². The van der Waals surface area contributed by atoms with Crippen molar-refractivity contribution in [2.75, 3.05) is 11.9 Å². The molecule has 0 aliphatic carbocycles. The molecule has 1 fully saturated rings. The maximum absolute atomic E-state index is 13.2. The molecule has 2 heterocycles. The third kappa shape index (κ3) is 5.06. The van der Waals surface area contributed by atoms with Crippen molar-refractivity contribution in [1.82, 2.24) is 9.55 Å². The lowest BCUT2D eigenvalue weighted by atomic mass is 10.2. The largest absolute Gasteiger partial charge is 0.376 e. The number of amides is 1. The topological polar surface area (TPSA) is 73.2 Å². The number of aromatic nitrogens is 2. The summed E-state index contributed by atoms with van der Waals surface area (Å²) in [7, 11) is 0. The molecule has 4 rings (SSSR count). The second-order valence-electron chi connectivity index (χ2n) is 7.34. The number of thioether (sulfide) groups is 1. The van der Waals surface area contributed by atoms with Gasteiger partial charge in [-0.05, 0) is 50.1 Å². The summed E-state index contributed by atoms with van der Waals surface area (Å²) in [5, 5.41) is 4.18. The Morgan fingerprint density at radius 1 is 1.32 bits per heavy atom. The van der Waals surface area contributed by atoms with E-state index in [4.69, 9.17) is 27.9 Å². The molecule has 3 aromatic rings. The first-order valence-corrected chi connectivity index (χ1v) is 11.6. The summed E-state index contributed by atoms with van der Waals surface area (Å²) < 4.78 is 7.36. The van der Waals surface area contributed by atoms with Crippen LogP contribution in [0.4, 0.5) is 5.69 Å². The Bertz CT molecular complexity index is 1180. The fourth-order valence-corrected chi connectivity index (χ4v) is 4.68. The van der Waals surface area contributed by atoms with Gasteiger partial charge in [0.15, 0.2) is 5.16 Å². The van der Waals surface area contributed by atoms with Crippen molar-refractivity contribution in [2.24, 2.45) is 0 Å². The minimum absolute atomic E-state index is 0.0330.